The monoisotopic (exact) mass is 633 g/mol. The second kappa shape index (κ2) is 17.7. The second-order valence-electron chi connectivity index (χ2n) is 17.0. The quantitative estimate of drug-likeness (QED) is 0.0906. The third kappa shape index (κ3) is 9.31. The number of unbranched alkanes of at least 4 members (excludes halogenated alkanes) is 3. The molecule has 0 aliphatic heterocycles. The minimum Gasteiger partial charge on any atom is -0.462 e. The van der Waals surface area contributed by atoms with E-state index in [0.29, 0.717) is 17.3 Å². The summed E-state index contributed by atoms with van der Waals surface area (Å²) in [6.07, 6.45) is 37.3. The Balaban J connectivity index is 1.19. The fourth-order valence-corrected chi connectivity index (χ4v) is 10.5. The molecule has 0 heterocycles. The van der Waals surface area contributed by atoms with Crippen molar-refractivity contribution in [1.29, 1.82) is 0 Å². The molecule has 3 saturated carbocycles. The van der Waals surface area contributed by atoms with Crippen molar-refractivity contribution in [3.63, 3.8) is 0 Å². The summed E-state index contributed by atoms with van der Waals surface area (Å²) in [6.45, 7) is 17.3. The van der Waals surface area contributed by atoms with Crippen LogP contribution >= 0.6 is 0 Å². The first-order valence-corrected chi connectivity index (χ1v) is 19.9. The van der Waals surface area contributed by atoms with Gasteiger partial charge in [0.1, 0.15) is 6.10 Å². The van der Waals surface area contributed by atoms with Crippen LogP contribution in [0.5, 0.6) is 0 Å². The van der Waals surface area contributed by atoms with Gasteiger partial charge in [0.05, 0.1) is 0 Å². The maximum absolute atomic E-state index is 12.8. The third-order valence-corrected chi connectivity index (χ3v) is 13.9. The van der Waals surface area contributed by atoms with Crippen LogP contribution in [-0.4, -0.2) is 12.1 Å². The summed E-state index contributed by atoms with van der Waals surface area (Å²) in [4.78, 5) is 12.8. The largest absolute Gasteiger partial charge is 0.462 e. The third-order valence-electron chi connectivity index (χ3n) is 13.9. The van der Waals surface area contributed by atoms with Crippen LogP contribution in [0.15, 0.2) is 48.1 Å². The van der Waals surface area contributed by atoms with Crippen LogP contribution in [0.2, 0.25) is 0 Å². The molecule has 4 aliphatic rings. The molecule has 0 saturated heterocycles. The topological polar surface area (TPSA) is 26.3 Å². The van der Waals surface area contributed by atoms with Gasteiger partial charge in [0.2, 0.25) is 0 Å². The number of allylic oxidation sites excluding steroid dienone is 7. The lowest BCUT2D eigenvalue weighted by atomic mass is 9.47. The van der Waals surface area contributed by atoms with Crippen molar-refractivity contribution in [2.45, 2.75) is 170 Å². The summed E-state index contributed by atoms with van der Waals surface area (Å²) < 4.78 is 6.10. The predicted octanol–water partition coefficient (Wildman–Crippen LogP) is 13.0. The molecule has 0 bridgehead atoms. The van der Waals surface area contributed by atoms with Gasteiger partial charge in [0, 0.05) is 12.8 Å². The average Bonchev–Trinajstić information content (AvgIpc) is 3.39. The number of rotatable bonds is 17. The van der Waals surface area contributed by atoms with Gasteiger partial charge in [-0.05, 0) is 136 Å². The summed E-state index contributed by atoms with van der Waals surface area (Å²) in [7, 11) is 0. The molecule has 2 heteroatoms. The summed E-state index contributed by atoms with van der Waals surface area (Å²) >= 11 is 0. The fourth-order valence-electron chi connectivity index (χ4n) is 10.5. The normalized spacial score (nSPS) is 34.1. The number of carbonyl (C=O) groups excluding carboxylic acids is 1. The first kappa shape index (κ1) is 37.3. The van der Waals surface area contributed by atoms with Gasteiger partial charge in [-0.2, -0.15) is 0 Å². The van der Waals surface area contributed by atoms with Crippen LogP contribution < -0.4 is 0 Å². The molecular weight excluding hydrogens is 560 g/mol. The van der Waals surface area contributed by atoms with E-state index in [1.807, 2.05) is 0 Å². The number of carbonyl (C=O) groups is 1. The van der Waals surface area contributed by atoms with Crippen LogP contribution in [0.4, 0.5) is 0 Å². The first-order chi connectivity index (χ1) is 22.1. The van der Waals surface area contributed by atoms with E-state index in [2.05, 4.69) is 91.0 Å². The number of ether oxygens (including phenoxy) is 1. The molecule has 9 atom stereocenters. The van der Waals surface area contributed by atoms with E-state index >= 15 is 0 Å². The fraction of sp³-hybridized carbons (Fsp3) is 0.795. The van der Waals surface area contributed by atoms with Crippen molar-refractivity contribution in [2.75, 3.05) is 0 Å². The Morgan fingerprint density at radius 1 is 0.870 bits per heavy atom. The Labute approximate surface area is 285 Å². The Kier molecular flexibility index (Phi) is 14.3. The smallest absolute Gasteiger partial charge is 0.306 e. The van der Waals surface area contributed by atoms with Gasteiger partial charge in [-0.3, -0.25) is 4.79 Å². The molecule has 0 N–H and O–H groups in total. The second-order valence-corrected chi connectivity index (χ2v) is 17.0. The van der Waals surface area contributed by atoms with Crippen LogP contribution in [0.1, 0.15) is 164 Å². The molecular formula is C44H72O2. The van der Waals surface area contributed by atoms with Crippen molar-refractivity contribution in [3.05, 3.63) is 48.1 Å². The molecule has 0 aromatic rings. The Morgan fingerprint density at radius 2 is 1.61 bits per heavy atom. The number of esters is 1. The summed E-state index contributed by atoms with van der Waals surface area (Å²) in [6, 6.07) is 0. The van der Waals surface area contributed by atoms with Crippen LogP contribution in [0, 0.1) is 52.3 Å². The first-order valence-electron chi connectivity index (χ1n) is 19.9. The molecule has 4 rings (SSSR count). The van der Waals surface area contributed by atoms with Gasteiger partial charge in [0.25, 0.3) is 0 Å². The molecule has 0 amide bonds. The number of hydrogen-bond acceptors (Lipinski definition) is 2. The minimum absolute atomic E-state index is 0.0306. The molecule has 0 radical (unpaired) electrons. The van der Waals surface area contributed by atoms with Gasteiger partial charge in [-0.1, -0.05) is 116 Å². The lowest BCUT2D eigenvalue weighted by Gasteiger charge is -2.58. The standard InChI is InChI=1S/C44H72O2/c1-8-9-10-11-12-13-14-15-16-17-18-19-20-21-42(45)46-37-28-30-43(6)36(32-37)24-25-38-40-27-26-39(44(40,7)31-29-41(38)43)35(5)23-22-34(4)33(2)3/h9-10,12-13,15-16,24,33-35,37-41H,8,11,14,17-23,25-32H2,1-7H3/b10-9-,13-12-,16-15-/t34-,35-,37+,38+,39-,40+,41+,43+,44-/m1/s1. The van der Waals surface area contributed by atoms with E-state index in [1.165, 1.54) is 51.4 Å². The van der Waals surface area contributed by atoms with E-state index in [4.69, 9.17) is 4.74 Å². The molecule has 260 valence electrons. The lowest BCUT2D eigenvalue weighted by molar-refractivity contribution is -0.151. The van der Waals surface area contributed by atoms with Crippen molar-refractivity contribution in [1.82, 2.24) is 0 Å². The summed E-state index contributed by atoms with van der Waals surface area (Å²) in [5.74, 6) is 6.02. The highest BCUT2D eigenvalue weighted by Gasteiger charge is 2.59. The molecule has 46 heavy (non-hydrogen) atoms. The Morgan fingerprint density at radius 3 is 2.35 bits per heavy atom. The Bertz CT molecular complexity index is 1060. The van der Waals surface area contributed by atoms with E-state index in [-0.39, 0.29) is 12.1 Å². The van der Waals surface area contributed by atoms with Gasteiger partial charge in [-0.15, -0.1) is 0 Å². The van der Waals surface area contributed by atoms with Crippen molar-refractivity contribution in [2.24, 2.45) is 52.3 Å². The Hall–Kier alpha value is -1.57. The van der Waals surface area contributed by atoms with Crippen molar-refractivity contribution >= 4 is 5.97 Å². The van der Waals surface area contributed by atoms with Crippen LogP contribution in [0.25, 0.3) is 0 Å². The zero-order valence-electron chi connectivity index (χ0n) is 31.2. The minimum atomic E-state index is 0.0306. The molecule has 4 aliphatic carbocycles. The van der Waals surface area contributed by atoms with E-state index in [9.17, 15) is 4.79 Å². The molecule has 0 aromatic heterocycles. The van der Waals surface area contributed by atoms with Gasteiger partial charge in [-0.25, -0.2) is 0 Å². The molecule has 0 unspecified atom stereocenters. The highest BCUT2D eigenvalue weighted by atomic mass is 16.5. The van der Waals surface area contributed by atoms with Gasteiger partial charge >= 0.3 is 5.97 Å². The van der Waals surface area contributed by atoms with Crippen LogP contribution in [-0.2, 0) is 9.53 Å². The van der Waals surface area contributed by atoms with Crippen molar-refractivity contribution in [3.8, 4) is 0 Å². The lowest BCUT2D eigenvalue weighted by Crippen LogP contribution is -2.51. The molecule has 0 aromatic carbocycles. The zero-order valence-corrected chi connectivity index (χ0v) is 31.2. The summed E-state index contributed by atoms with van der Waals surface area (Å²) in [5.41, 5.74) is 2.49. The SMILES string of the molecule is CC/C=C\C/C=C\C/C=C\CCCCCC(=O)O[C@H]1CC[C@@]2(C)C(=CC[C@H]3[C@@H]4CC[C@H]([C@H](C)CC[C@@H](C)C(C)C)[C@@]4(C)CC[C@@H]32)C1. The van der Waals surface area contributed by atoms with Crippen molar-refractivity contribution < 1.29 is 9.53 Å². The number of fused-ring (bicyclic) bond motifs is 5. The highest BCUT2D eigenvalue weighted by molar-refractivity contribution is 5.69. The zero-order chi connectivity index (χ0) is 33.2. The highest BCUT2D eigenvalue weighted by Crippen LogP contribution is 2.67. The maximum atomic E-state index is 12.8. The molecule has 3 fully saturated rings. The average molecular weight is 633 g/mol. The van der Waals surface area contributed by atoms with E-state index in [1.54, 1.807) is 5.57 Å². The molecule has 0 spiro atoms. The molecule has 2 nitrogen and oxygen atoms in total. The predicted molar refractivity (Wildman–Crippen MR) is 198 cm³/mol. The van der Waals surface area contributed by atoms with E-state index < -0.39 is 0 Å². The van der Waals surface area contributed by atoms with E-state index in [0.717, 1.165) is 99.2 Å². The van der Waals surface area contributed by atoms with Crippen LogP contribution in [0.3, 0.4) is 0 Å². The number of hydrogen-bond donors (Lipinski definition) is 0. The van der Waals surface area contributed by atoms with Gasteiger partial charge < -0.3 is 4.74 Å². The summed E-state index contributed by atoms with van der Waals surface area (Å²) in [5, 5.41) is 0. The maximum Gasteiger partial charge on any atom is 0.306 e. The van der Waals surface area contributed by atoms with Gasteiger partial charge in [0.15, 0.2) is 0 Å².